The topological polar surface area (TPSA) is 54.9 Å². The number of nitrogens with zero attached hydrogens (tertiary/aromatic N) is 2. The Kier molecular flexibility index (Phi) is 4.77. The highest BCUT2D eigenvalue weighted by atomic mass is 19.4. The fourth-order valence-electron chi connectivity index (χ4n) is 3.46. The highest BCUT2D eigenvalue weighted by Crippen LogP contribution is 2.31. The average molecular weight is 401 g/mol. The summed E-state index contributed by atoms with van der Waals surface area (Å²) in [5, 5.41) is 2.76. The summed E-state index contributed by atoms with van der Waals surface area (Å²) in [6, 6.07) is 5.94. The zero-order chi connectivity index (χ0) is 20.6. The average Bonchev–Trinajstić information content (AvgIpc) is 2.67. The molecule has 3 aromatic rings. The Labute approximate surface area is 163 Å². The maximum absolute atomic E-state index is 13.7. The van der Waals surface area contributed by atoms with Gasteiger partial charge in [-0.05, 0) is 53.4 Å². The summed E-state index contributed by atoms with van der Waals surface area (Å²) in [6.45, 7) is 0.518. The Balaban J connectivity index is 1.69. The van der Waals surface area contributed by atoms with Crippen LogP contribution in [0, 0.1) is 5.82 Å². The van der Waals surface area contributed by atoms with Crippen LogP contribution in [0.5, 0.6) is 0 Å². The van der Waals surface area contributed by atoms with Crippen LogP contribution in [0.1, 0.15) is 32.7 Å². The number of pyridine rings is 2. The van der Waals surface area contributed by atoms with Crippen LogP contribution in [0.4, 0.5) is 17.6 Å². The number of aromatic nitrogens is 2. The van der Waals surface area contributed by atoms with Crippen molar-refractivity contribution in [3.63, 3.8) is 0 Å². The largest absolute Gasteiger partial charge is 0.416 e. The van der Waals surface area contributed by atoms with Gasteiger partial charge in [-0.2, -0.15) is 13.2 Å². The van der Waals surface area contributed by atoms with Gasteiger partial charge in [0.25, 0.3) is 5.91 Å². The molecule has 3 heterocycles. The van der Waals surface area contributed by atoms with Gasteiger partial charge in [0.05, 0.1) is 11.1 Å². The van der Waals surface area contributed by atoms with E-state index in [1.165, 1.54) is 12.4 Å². The number of benzene rings is 1. The molecular formula is C21H15F4N3O. The lowest BCUT2D eigenvalue weighted by molar-refractivity contribution is -0.137. The summed E-state index contributed by atoms with van der Waals surface area (Å²) in [6.07, 6.45) is 0.771. The van der Waals surface area contributed by atoms with Gasteiger partial charge in [0.15, 0.2) is 0 Å². The monoisotopic (exact) mass is 401 g/mol. The molecule has 0 saturated heterocycles. The summed E-state index contributed by atoms with van der Waals surface area (Å²) < 4.78 is 52.5. The van der Waals surface area contributed by atoms with E-state index in [1.54, 1.807) is 18.3 Å². The predicted molar refractivity (Wildman–Crippen MR) is 97.7 cm³/mol. The maximum atomic E-state index is 13.7. The fraction of sp³-hybridized carbons (Fsp3) is 0.190. The number of alkyl halides is 3. The Hall–Kier alpha value is -3.29. The summed E-state index contributed by atoms with van der Waals surface area (Å²) >= 11 is 0. The van der Waals surface area contributed by atoms with Crippen molar-refractivity contribution in [2.75, 3.05) is 6.54 Å². The summed E-state index contributed by atoms with van der Waals surface area (Å²) in [4.78, 5) is 20.4. The van der Waals surface area contributed by atoms with E-state index < -0.39 is 17.6 Å². The molecule has 1 aliphatic heterocycles. The zero-order valence-electron chi connectivity index (χ0n) is 15.1. The van der Waals surface area contributed by atoms with Gasteiger partial charge in [-0.3, -0.25) is 14.8 Å². The first-order valence-corrected chi connectivity index (χ1v) is 8.88. The lowest BCUT2D eigenvalue weighted by Gasteiger charge is -2.19. The third kappa shape index (κ3) is 3.96. The highest BCUT2D eigenvalue weighted by molar-refractivity contribution is 5.98. The number of fused-ring (bicyclic) bond motifs is 1. The van der Waals surface area contributed by atoms with Gasteiger partial charge in [0.2, 0.25) is 0 Å². The minimum Gasteiger partial charge on any atom is -0.352 e. The quantitative estimate of drug-likeness (QED) is 0.670. The third-order valence-corrected chi connectivity index (χ3v) is 4.76. The van der Waals surface area contributed by atoms with Crippen molar-refractivity contribution in [3.8, 4) is 11.1 Å². The lowest BCUT2D eigenvalue weighted by atomic mass is 9.93. The molecular weight excluding hydrogens is 386 g/mol. The molecule has 4 rings (SSSR count). The highest BCUT2D eigenvalue weighted by Gasteiger charge is 2.31. The molecule has 0 radical (unpaired) electrons. The molecule has 0 fully saturated rings. The van der Waals surface area contributed by atoms with Gasteiger partial charge >= 0.3 is 6.18 Å². The number of carbonyl (C=O) groups excluding carboxylic acids is 1. The van der Waals surface area contributed by atoms with Crippen LogP contribution in [0.15, 0.2) is 48.9 Å². The van der Waals surface area contributed by atoms with Crippen molar-refractivity contribution in [2.45, 2.75) is 19.0 Å². The van der Waals surface area contributed by atoms with E-state index in [1.807, 2.05) is 0 Å². The first-order chi connectivity index (χ1) is 13.8. The first kappa shape index (κ1) is 19.0. The molecule has 148 valence electrons. The molecule has 1 aliphatic rings. The minimum atomic E-state index is -4.62. The number of amides is 1. The zero-order valence-corrected chi connectivity index (χ0v) is 15.1. The predicted octanol–water partition coefficient (Wildman–Crippen LogP) is 4.18. The molecule has 8 heteroatoms. The van der Waals surface area contributed by atoms with Gasteiger partial charge in [-0.25, -0.2) is 4.39 Å². The van der Waals surface area contributed by atoms with Crippen molar-refractivity contribution in [1.82, 2.24) is 15.3 Å². The maximum Gasteiger partial charge on any atom is 0.416 e. The van der Waals surface area contributed by atoms with Gasteiger partial charge in [0.1, 0.15) is 5.82 Å². The van der Waals surface area contributed by atoms with Crippen LogP contribution < -0.4 is 5.32 Å². The Morgan fingerprint density at radius 2 is 1.86 bits per heavy atom. The van der Waals surface area contributed by atoms with Crippen LogP contribution in [0.3, 0.4) is 0 Å². The number of hydrogen-bond donors (Lipinski definition) is 1. The number of nitrogens with one attached hydrogen (secondary N) is 1. The SMILES string of the molecule is O=C1NCCc2c1cncc2-c1ccnc(Cc2cc(F)cc(C(F)(F)F)c2)c1. The van der Waals surface area contributed by atoms with Crippen molar-refractivity contribution >= 4 is 5.91 Å². The van der Waals surface area contributed by atoms with E-state index >= 15 is 0 Å². The number of hydrogen-bond acceptors (Lipinski definition) is 3. The number of carbonyl (C=O) groups is 1. The molecule has 2 aromatic heterocycles. The molecule has 0 unspecified atom stereocenters. The second-order valence-corrected chi connectivity index (χ2v) is 6.78. The fourth-order valence-corrected chi connectivity index (χ4v) is 3.46. The van der Waals surface area contributed by atoms with Crippen LogP contribution in [0.25, 0.3) is 11.1 Å². The standard InChI is InChI=1S/C21H15F4N3O/c22-15-6-12(5-14(9-15)21(23,24)25)7-16-8-13(1-3-27-16)18-10-26-11-19-17(18)2-4-28-20(19)29/h1,3,5-6,8-11H,2,4,7H2,(H,28,29). The molecule has 1 N–H and O–H groups in total. The van der Waals surface area contributed by atoms with Crippen LogP contribution in [-0.2, 0) is 19.0 Å². The van der Waals surface area contributed by atoms with Gasteiger partial charge in [0, 0.05) is 42.8 Å². The molecule has 0 bridgehead atoms. The minimum absolute atomic E-state index is 0.0393. The number of rotatable bonds is 3. The van der Waals surface area contributed by atoms with Gasteiger partial charge in [-0.1, -0.05) is 0 Å². The van der Waals surface area contributed by atoms with Crippen molar-refractivity contribution in [1.29, 1.82) is 0 Å². The van der Waals surface area contributed by atoms with E-state index in [0.717, 1.165) is 28.8 Å². The van der Waals surface area contributed by atoms with Crippen molar-refractivity contribution < 1.29 is 22.4 Å². The van der Waals surface area contributed by atoms with Crippen LogP contribution in [0.2, 0.25) is 0 Å². The molecule has 1 amide bonds. The summed E-state index contributed by atoms with van der Waals surface area (Å²) in [5.41, 5.74) is 2.53. The van der Waals surface area contributed by atoms with Crippen LogP contribution >= 0.6 is 0 Å². The molecule has 4 nitrogen and oxygen atoms in total. The van der Waals surface area contributed by atoms with E-state index in [4.69, 9.17) is 0 Å². The van der Waals surface area contributed by atoms with E-state index in [-0.39, 0.29) is 17.9 Å². The molecule has 1 aromatic carbocycles. The number of halogens is 4. The van der Waals surface area contributed by atoms with Crippen molar-refractivity contribution in [3.05, 3.63) is 82.7 Å². The Morgan fingerprint density at radius 3 is 2.66 bits per heavy atom. The van der Waals surface area contributed by atoms with Crippen molar-refractivity contribution in [2.24, 2.45) is 0 Å². The second kappa shape index (κ2) is 7.27. The van der Waals surface area contributed by atoms with Gasteiger partial charge < -0.3 is 5.32 Å². The normalized spacial score (nSPS) is 13.7. The third-order valence-electron chi connectivity index (χ3n) is 4.76. The smallest absolute Gasteiger partial charge is 0.352 e. The van der Waals surface area contributed by atoms with E-state index in [0.29, 0.717) is 30.3 Å². The molecule has 29 heavy (non-hydrogen) atoms. The van der Waals surface area contributed by atoms with E-state index in [2.05, 4.69) is 15.3 Å². The second-order valence-electron chi connectivity index (χ2n) is 6.78. The Morgan fingerprint density at radius 1 is 1.07 bits per heavy atom. The molecule has 0 saturated carbocycles. The van der Waals surface area contributed by atoms with E-state index in [9.17, 15) is 22.4 Å². The Bertz CT molecular complexity index is 1100. The molecule has 0 atom stereocenters. The summed E-state index contributed by atoms with van der Waals surface area (Å²) in [5.74, 6) is -1.13. The lowest BCUT2D eigenvalue weighted by Crippen LogP contribution is -2.32. The first-order valence-electron chi connectivity index (χ1n) is 8.88. The summed E-state index contributed by atoms with van der Waals surface area (Å²) in [7, 11) is 0. The molecule has 0 spiro atoms. The molecule has 0 aliphatic carbocycles. The van der Waals surface area contributed by atoms with Crippen LogP contribution in [-0.4, -0.2) is 22.4 Å². The van der Waals surface area contributed by atoms with Gasteiger partial charge in [-0.15, -0.1) is 0 Å².